The lowest BCUT2D eigenvalue weighted by atomic mass is 10.2. The number of pyridine rings is 1. The van der Waals surface area contributed by atoms with Crippen molar-refractivity contribution in [3.05, 3.63) is 72.4 Å². The normalized spacial score (nSPS) is 13.4. The minimum absolute atomic E-state index is 0.144. The number of benzene rings is 1. The number of nitrogens with one attached hydrogen (secondary N) is 1. The van der Waals surface area contributed by atoms with E-state index in [4.69, 9.17) is 13.9 Å². The van der Waals surface area contributed by atoms with Crippen LogP contribution < -0.4 is 14.2 Å². The fraction of sp³-hybridized carbons (Fsp3) is 0.240. The molecule has 0 radical (unpaired) electrons. The summed E-state index contributed by atoms with van der Waals surface area (Å²) in [4.78, 5) is 4.24. The van der Waals surface area contributed by atoms with E-state index in [1.165, 1.54) is 31.9 Å². The van der Waals surface area contributed by atoms with Crippen LogP contribution in [0, 0.1) is 6.92 Å². The lowest BCUT2D eigenvalue weighted by Crippen LogP contribution is -2.32. The SMILES string of the molecule is COc1cccc(OC)c1-n1c(NS(=O)(=O)[C@@H](C)[C@@H](O)c2cnc3ccccn23)nnc1-c1ccc(C)o1. The second kappa shape index (κ2) is 9.84. The number of aromatic nitrogens is 5. The van der Waals surface area contributed by atoms with Gasteiger partial charge < -0.3 is 23.4 Å². The van der Waals surface area contributed by atoms with Crippen LogP contribution in [0.1, 0.15) is 24.5 Å². The smallest absolute Gasteiger partial charge is 0.243 e. The van der Waals surface area contributed by atoms with Gasteiger partial charge in [0.05, 0.1) is 26.1 Å². The van der Waals surface area contributed by atoms with Gasteiger partial charge in [-0.25, -0.2) is 13.4 Å². The number of aliphatic hydroxyl groups is 1. The number of methoxy groups -OCH3 is 2. The number of hydrogen-bond donors (Lipinski definition) is 2. The van der Waals surface area contributed by atoms with Crippen LogP contribution in [0.4, 0.5) is 5.95 Å². The second-order valence-electron chi connectivity index (χ2n) is 8.51. The zero-order valence-corrected chi connectivity index (χ0v) is 21.9. The highest BCUT2D eigenvalue weighted by Crippen LogP contribution is 2.38. The van der Waals surface area contributed by atoms with Gasteiger partial charge in [0.15, 0.2) is 5.76 Å². The Morgan fingerprint density at radius 1 is 1.03 bits per heavy atom. The van der Waals surface area contributed by atoms with Crippen molar-refractivity contribution in [1.29, 1.82) is 0 Å². The molecule has 0 fully saturated rings. The largest absolute Gasteiger partial charge is 0.494 e. The predicted octanol–water partition coefficient (Wildman–Crippen LogP) is 3.36. The number of anilines is 1. The van der Waals surface area contributed by atoms with Crippen LogP contribution in [0.15, 0.2) is 65.3 Å². The number of aryl methyl sites for hydroxylation is 1. The summed E-state index contributed by atoms with van der Waals surface area (Å²) in [5.74, 6) is 1.82. The van der Waals surface area contributed by atoms with Crippen molar-refractivity contribution in [1.82, 2.24) is 24.1 Å². The fourth-order valence-electron chi connectivity index (χ4n) is 4.13. The maximum absolute atomic E-state index is 13.5. The Balaban J connectivity index is 1.59. The van der Waals surface area contributed by atoms with Crippen molar-refractivity contribution >= 4 is 21.6 Å². The molecule has 0 unspecified atom stereocenters. The summed E-state index contributed by atoms with van der Waals surface area (Å²) in [5.41, 5.74) is 1.28. The summed E-state index contributed by atoms with van der Waals surface area (Å²) in [5, 5.41) is 18.1. The molecule has 5 aromatic rings. The van der Waals surface area contributed by atoms with Crippen LogP contribution in [0.5, 0.6) is 11.5 Å². The lowest BCUT2D eigenvalue weighted by Gasteiger charge is -2.21. The van der Waals surface area contributed by atoms with Gasteiger partial charge in [-0.1, -0.05) is 12.1 Å². The molecule has 198 valence electrons. The van der Waals surface area contributed by atoms with Crippen molar-refractivity contribution in [2.24, 2.45) is 0 Å². The summed E-state index contributed by atoms with van der Waals surface area (Å²) in [6.45, 7) is 3.18. The van der Waals surface area contributed by atoms with E-state index in [1.807, 2.05) is 0 Å². The average molecular weight is 539 g/mol. The van der Waals surface area contributed by atoms with Crippen LogP contribution in [0.2, 0.25) is 0 Å². The molecule has 0 aliphatic rings. The number of ether oxygens (including phenoxy) is 2. The Morgan fingerprint density at radius 3 is 2.42 bits per heavy atom. The summed E-state index contributed by atoms with van der Waals surface area (Å²) in [6.07, 6.45) is 1.76. The van der Waals surface area contributed by atoms with Gasteiger partial charge in [0.2, 0.25) is 21.8 Å². The first kappa shape index (κ1) is 25.3. The maximum atomic E-state index is 13.5. The van der Waals surface area contributed by atoms with E-state index in [0.29, 0.717) is 40.0 Å². The number of imidazole rings is 1. The number of fused-ring (bicyclic) bond motifs is 1. The molecule has 0 aliphatic carbocycles. The van der Waals surface area contributed by atoms with Gasteiger partial charge in [-0.15, -0.1) is 10.2 Å². The lowest BCUT2D eigenvalue weighted by molar-refractivity contribution is 0.170. The molecule has 2 N–H and O–H groups in total. The molecule has 0 saturated heterocycles. The van der Waals surface area contributed by atoms with E-state index in [1.54, 1.807) is 66.1 Å². The number of aliphatic hydroxyl groups excluding tert-OH is 1. The van der Waals surface area contributed by atoms with Crippen molar-refractivity contribution in [3.63, 3.8) is 0 Å². The first-order valence-corrected chi connectivity index (χ1v) is 13.1. The van der Waals surface area contributed by atoms with Gasteiger partial charge in [0.1, 0.15) is 39.9 Å². The molecule has 13 heteroatoms. The molecule has 0 amide bonds. The second-order valence-corrected chi connectivity index (χ2v) is 10.6. The van der Waals surface area contributed by atoms with Gasteiger partial charge >= 0.3 is 0 Å². The van der Waals surface area contributed by atoms with Crippen LogP contribution in [0.3, 0.4) is 0 Å². The third kappa shape index (κ3) is 4.35. The Bertz CT molecular complexity index is 1680. The zero-order chi connectivity index (χ0) is 27.0. The molecule has 5 rings (SSSR count). The van der Waals surface area contributed by atoms with Crippen LogP contribution in [-0.2, 0) is 10.0 Å². The molecule has 4 aromatic heterocycles. The summed E-state index contributed by atoms with van der Waals surface area (Å²) >= 11 is 0. The van der Waals surface area contributed by atoms with Gasteiger partial charge in [0, 0.05) is 6.20 Å². The average Bonchev–Trinajstić information content (AvgIpc) is 3.65. The topological polar surface area (TPSA) is 146 Å². The molecule has 38 heavy (non-hydrogen) atoms. The molecule has 0 saturated carbocycles. The summed E-state index contributed by atoms with van der Waals surface area (Å²) in [7, 11) is -1.25. The minimum Gasteiger partial charge on any atom is -0.494 e. The Kier molecular flexibility index (Phi) is 6.55. The molecule has 12 nitrogen and oxygen atoms in total. The molecule has 2 atom stereocenters. The van der Waals surface area contributed by atoms with Crippen molar-refractivity contribution < 1.29 is 27.4 Å². The number of sulfonamides is 1. The Labute approximate surface area is 218 Å². The van der Waals surface area contributed by atoms with Gasteiger partial charge in [-0.3, -0.25) is 9.29 Å². The molecule has 0 spiro atoms. The van der Waals surface area contributed by atoms with E-state index >= 15 is 0 Å². The van der Waals surface area contributed by atoms with Crippen molar-refractivity contribution in [3.8, 4) is 28.8 Å². The van der Waals surface area contributed by atoms with Crippen molar-refractivity contribution in [2.45, 2.75) is 25.2 Å². The highest BCUT2D eigenvalue weighted by Gasteiger charge is 2.34. The number of rotatable bonds is 9. The maximum Gasteiger partial charge on any atom is 0.243 e. The highest BCUT2D eigenvalue weighted by molar-refractivity contribution is 7.93. The quantitative estimate of drug-likeness (QED) is 0.288. The summed E-state index contributed by atoms with van der Waals surface area (Å²) < 4.78 is 49.5. The van der Waals surface area contributed by atoms with Gasteiger partial charge in [-0.2, -0.15) is 0 Å². The number of hydrogen-bond acceptors (Lipinski definition) is 9. The molecular formula is C25H26N6O6S. The number of para-hydroxylation sites is 1. The Hall–Kier alpha value is -4.36. The fourth-order valence-corrected chi connectivity index (χ4v) is 5.18. The number of nitrogens with zero attached hydrogens (tertiary/aromatic N) is 5. The van der Waals surface area contributed by atoms with E-state index in [9.17, 15) is 13.5 Å². The van der Waals surface area contributed by atoms with Gasteiger partial charge in [-0.05, 0) is 50.2 Å². The van der Waals surface area contributed by atoms with Crippen molar-refractivity contribution in [2.75, 3.05) is 18.9 Å². The monoisotopic (exact) mass is 538 g/mol. The van der Waals surface area contributed by atoms with Crippen LogP contribution >= 0.6 is 0 Å². The molecule has 1 aromatic carbocycles. The van der Waals surface area contributed by atoms with E-state index in [0.717, 1.165) is 0 Å². The molecule has 0 bridgehead atoms. The first-order valence-electron chi connectivity index (χ1n) is 11.6. The Morgan fingerprint density at radius 2 is 1.76 bits per heavy atom. The zero-order valence-electron chi connectivity index (χ0n) is 21.1. The minimum atomic E-state index is -4.22. The number of furan rings is 1. The van der Waals surface area contributed by atoms with E-state index in [-0.39, 0.29) is 11.8 Å². The molecular weight excluding hydrogens is 512 g/mol. The predicted molar refractivity (Wildman–Crippen MR) is 139 cm³/mol. The standard InChI is InChI=1S/C25H26N6O6S/c1-15-11-12-20(37-15)24-27-28-25(31(24)22-18(35-3)8-7-9-19(22)36-4)29-38(33,34)16(2)23(32)17-14-26-21-10-5-6-13-30(17)21/h5-14,16,23,32H,1-4H3,(H,28,29)/t16-,23+/m0/s1. The molecule has 4 heterocycles. The van der Waals surface area contributed by atoms with Crippen LogP contribution in [-0.4, -0.2) is 57.1 Å². The first-order chi connectivity index (χ1) is 18.2. The summed E-state index contributed by atoms with van der Waals surface area (Å²) in [6, 6.07) is 13.9. The van der Waals surface area contributed by atoms with Crippen LogP contribution in [0.25, 0.3) is 22.9 Å². The molecule has 0 aliphatic heterocycles. The van der Waals surface area contributed by atoms with E-state index in [2.05, 4.69) is 19.9 Å². The highest BCUT2D eigenvalue weighted by atomic mass is 32.2. The van der Waals surface area contributed by atoms with Gasteiger partial charge in [0.25, 0.3) is 0 Å². The third-order valence-electron chi connectivity index (χ3n) is 6.17. The van der Waals surface area contributed by atoms with E-state index < -0.39 is 21.4 Å². The third-order valence-corrected chi connectivity index (χ3v) is 7.87.